The topological polar surface area (TPSA) is 43.4 Å². The fraction of sp³-hybridized carbons (Fsp3) is 0.500. The van der Waals surface area contributed by atoms with Crippen LogP contribution >= 0.6 is 0 Å². The van der Waals surface area contributed by atoms with Gasteiger partial charge in [0.1, 0.15) is 6.29 Å². The average Bonchev–Trinajstić information content (AvgIpc) is 1.96. The summed E-state index contributed by atoms with van der Waals surface area (Å²) in [5.74, 6) is 4.94. The van der Waals surface area contributed by atoms with Crippen LogP contribution in [0.3, 0.4) is 0 Å². The molecule has 0 spiro atoms. The number of aldehydes is 1. The second kappa shape index (κ2) is 6.81. The molecule has 3 heteroatoms. The van der Waals surface area contributed by atoms with Gasteiger partial charge in [0.15, 0.2) is 6.61 Å². The first-order valence-corrected chi connectivity index (χ1v) is 3.30. The quantitative estimate of drug-likeness (QED) is 0.258. The molecule has 0 heterocycles. The minimum absolute atomic E-state index is 0.119. The van der Waals surface area contributed by atoms with E-state index in [1.165, 1.54) is 6.92 Å². The minimum atomic E-state index is -0.338. The molecule has 11 heavy (non-hydrogen) atoms. The third kappa shape index (κ3) is 8.70. The first-order chi connectivity index (χ1) is 5.27. The van der Waals surface area contributed by atoms with Crippen LogP contribution in [0.5, 0.6) is 0 Å². The second-order valence-electron chi connectivity index (χ2n) is 1.84. The van der Waals surface area contributed by atoms with Gasteiger partial charge in [0.05, 0.1) is 0 Å². The van der Waals surface area contributed by atoms with E-state index in [0.29, 0.717) is 12.8 Å². The van der Waals surface area contributed by atoms with Crippen molar-refractivity contribution in [2.75, 3.05) is 6.61 Å². The summed E-state index contributed by atoms with van der Waals surface area (Å²) in [7, 11) is 0. The highest BCUT2D eigenvalue weighted by Gasteiger charge is 1.85. The van der Waals surface area contributed by atoms with Gasteiger partial charge in [-0.05, 0) is 0 Å². The van der Waals surface area contributed by atoms with E-state index in [0.717, 1.165) is 6.29 Å². The van der Waals surface area contributed by atoms with Gasteiger partial charge in [0.2, 0.25) is 0 Å². The normalized spacial score (nSPS) is 7.73. The minimum Gasteiger partial charge on any atom is -0.453 e. The van der Waals surface area contributed by atoms with E-state index in [9.17, 15) is 9.59 Å². The molecule has 0 atom stereocenters. The zero-order chi connectivity index (χ0) is 8.53. The van der Waals surface area contributed by atoms with Crippen molar-refractivity contribution in [3.63, 3.8) is 0 Å². The summed E-state index contributed by atoms with van der Waals surface area (Å²) >= 11 is 0. The summed E-state index contributed by atoms with van der Waals surface area (Å²) in [4.78, 5) is 20.0. The Morgan fingerprint density at radius 3 is 2.82 bits per heavy atom. The summed E-state index contributed by atoms with van der Waals surface area (Å²) < 4.78 is 4.52. The molecule has 0 aliphatic heterocycles. The summed E-state index contributed by atoms with van der Waals surface area (Å²) in [6, 6.07) is 0. The predicted molar refractivity (Wildman–Crippen MR) is 39.7 cm³/mol. The van der Waals surface area contributed by atoms with Gasteiger partial charge >= 0.3 is 5.97 Å². The molecule has 0 radical (unpaired) electrons. The maximum Gasteiger partial charge on any atom is 0.303 e. The first kappa shape index (κ1) is 9.70. The van der Waals surface area contributed by atoms with E-state index in [1.54, 1.807) is 0 Å². The number of carbonyl (C=O) groups is 2. The molecule has 0 amide bonds. The van der Waals surface area contributed by atoms with Crippen LogP contribution in [-0.2, 0) is 14.3 Å². The number of carbonyl (C=O) groups excluding carboxylic acids is 2. The highest BCUT2D eigenvalue weighted by Crippen LogP contribution is 1.79. The Morgan fingerprint density at radius 2 is 2.27 bits per heavy atom. The molecule has 0 aliphatic rings. The fourth-order valence-electron chi connectivity index (χ4n) is 0.408. The maximum absolute atomic E-state index is 10.2. The first-order valence-electron chi connectivity index (χ1n) is 3.30. The van der Waals surface area contributed by atoms with Crippen molar-refractivity contribution in [2.24, 2.45) is 0 Å². The SMILES string of the molecule is CC(=O)OCC#CCCC=O. The summed E-state index contributed by atoms with van der Waals surface area (Å²) in [6.07, 6.45) is 1.78. The van der Waals surface area contributed by atoms with Gasteiger partial charge in [0.25, 0.3) is 0 Å². The van der Waals surface area contributed by atoms with Crippen LogP contribution in [0.25, 0.3) is 0 Å². The Balaban J connectivity index is 3.25. The van der Waals surface area contributed by atoms with Crippen LogP contribution in [0.1, 0.15) is 19.8 Å². The van der Waals surface area contributed by atoms with Crippen LogP contribution in [-0.4, -0.2) is 18.9 Å². The Kier molecular flexibility index (Phi) is 6.01. The highest BCUT2D eigenvalue weighted by molar-refractivity contribution is 5.66. The Bertz CT molecular complexity index is 185. The summed E-state index contributed by atoms with van der Waals surface area (Å²) in [5, 5.41) is 0. The lowest BCUT2D eigenvalue weighted by Gasteiger charge is -1.90. The molecule has 3 nitrogen and oxygen atoms in total. The standard InChI is InChI=1S/C8H10O3/c1-8(10)11-7-5-3-2-4-6-9/h6H,2,4,7H2,1H3. The molecule has 0 fully saturated rings. The lowest BCUT2D eigenvalue weighted by molar-refractivity contribution is -0.139. The maximum atomic E-state index is 10.2. The van der Waals surface area contributed by atoms with E-state index in [4.69, 9.17) is 0 Å². The van der Waals surface area contributed by atoms with Crippen molar-refractivity contribution >= 4 is 12.3 Å². The van der Waals surface area contributed by atoms with Crippen LogP contribution in [0.4, 0.5) is 0 Å². The smallest absolute Gasteiger partial charge is 0.303 e. The third-order valence-corrected chi connectivity index (χ3v) is 0.860. The molecule has 0 aromatic carbocycles. The molecule has 0 aromatic rings. The number of hydrogen-bond acceptors (Lipinski definition) is 3. The molecule has 0 bridgehead atoms. The van der Waals surface area contributed by atoms with Crippen LogP contribution in [0, 0.1) is 11.8 Å². The largest absolute Gasteiger partial charge is 0.453 e. The number of unbranched alkanes of at least 4 members (excludes halogenated alkanes) is 1. The Morgan fingerprint density at radius 1 is 1.55 bits per heavy atom. The van der Waals surface area contributed by atoms with Gasteiger partial charge in [-0.3, -0.25) is 4.79 Å². The second-order valence-corrected chi connectivity index (χ2v) is 1.84. The van der Waals surface area contributed by atoms with Gasteiger partial charge in [-0.1, -0.05) is 11.8 Å². The molecule has 0 N–H and O–H groups in total. The fourth-order valence-corrected chi connectivity index (χ4v) is 0.408. The van der Waals surface area contributed by atoms with Gasteiger partial charge in [0, 0.05) is 19.8 Å². The van der Waals surface area contributed by atoms with Crippen molar-refractivity contribution in [2.45, 2.75) is 19.8 Å². The summed E-state index contributed by atoms with van der Waals surface area (Å²) in [5.41, 5.74) is 0. The lowest BCUT2D eigenvalue weighted by atomic mass is 10.3. The summed E-state index contributed by atoms with van der Waals surface area (Å²) in [6.45, 7) is 1.45. The molecule has 0 saturated heterocycles. The number of rotatable bonds is 3. The van der Waals surface area contributed by atoms with Crippen LogP contribution in [0.15, 0.2) is 0 Å². The zero-order valence-electron chi connectivity index (χ0n) is 6.42. The van der Waals surface area contributed by atoms with Crippen molar-refractivity contribution in [1.82, 2.24) is 0 Å². The van der Waals surface area contributed by atoms with E-state index < -0.39 is 0 Å². The van der Waals surface area contributed by atoms with Crippen molar-refractivity contribution < 1.29 is 14.3 Å². The lowest BCUT2D eigenvalue weighted by Crippen LogP contribution is -1.97. The highest BCUT2D eigenvalue weighted by atomic mass is 16.5. The van der Waals surface area contributed by atoms with Gasteiger partial charge in [-0.2, -0.15) is 0 Å². The molecule has 0 unspecified atom stereocenters. The van der Waals surface area contributed by atoms with E-state index in [-0.39, 0.29) is 12.6 Å². The van der Waals surface area contributed by atoms with E-state index >= 15 is 0 Å². The van der Waals surface area contributed by atoms with Crippen molar-refractivity contribution in [3.8, 4) is 11.8 Å². The van der Waals surface area contributed by atoms with Crippen LogP contribution in [0.2, 0.25) is 0 Å². The van der Waals surface area contributed by atoms with E-state index in [1.807, 2.05) is 0 Å². The zero-order valence-corrected chi connectivity index (χ0v) is 6.42. The molecule has 0 aromatic heterocycles. The Hall–Kier alpha value is -1.30. The number of ether oxygens (including phenoxy) is 1. The van der Waals surface area contributed by atoms with Gasteiger partial charge < -0.3 is 9.53 Å². The van der Waals surface area contributed by atoms with Gasteiger partial charge in [-0.25, -0.2) is 0 Å². The average molecular weight is 154 g/mol. The van der Waals surface area contributed by atoms with Crippen molar-refractivity contribution in [3.05, 3.63) is 0 Å². The van der Waals surface area contributed by atoms with Crippen LogP contribution < -0.4 is 0 Å². The molecular weight excluding hydrogens is 144 g/mol. The Labute approximate surface area is 65.7 Å². The molecule has 0 aliphatic carbocycles. The molecular formula is C8H10O3. The van der Waals surface area contributed by atoms with E-state index in [2.05, 4.69) is 16.6 Å². The van der Waals surface area contributed by atoms with Gasteiger partial charge in [-0.15, -0.1) is 0 Å². The third-order valence-electron chi connectivity index (χ3n) is 0.860. The number of hydrogen-bond donors (Lipinski definition) is 0. The predicted octanol–water partition coefficient (Wildman–Crippen LogP) is 0.532. The molecule has 0 rings (SSSR count). The molecule has 60 valence electrons. The number of esters is 1. The molecule has 0 saturated carbocycles. The monoisotopic (exact) mass is 154 g/mol. The van der Waals surface area contributed by atoms with Crippen molar-refractivity contribution in [1.29, 1.82) is 0 Å².